The monoisotopic (exact) mass is 241 g/mol. The number of esters is 1. The number of furan rings is 1. The number of carbonyl (C=O) groups is 1. The van der Waals surface area contributed by atoms with E-state index >= 15 is 0 Å². The van der Waals surface area contributed by atoms with Crippen LogP contribution < -0.4 is 0 Å². The van der Waals surface area contributed by atoms with Gasteiger partial charge in [0.05, 0.1) is 18.2 Å². The van der Waals surface area contributed by atoms with Crippen molar-refractivity contribution in [2.24, 2.45) is 0 Å². The van der Waals surface area contributed by atoms with Crippen LogP contribution in [0.5, 0.6) is 0 Å². The third-order valence-electron chi connectivity index (χ3n) is 2.38. The predicted molar refractivity (Wildman–Crippen MR) is 64.8 cm³/mol. The molecule has 0 aliphatic rings. The molecule has 1 heterocycles. The van der Waals surface area contributed by atoms with Gasteiger partial charge in [-0.1, -0.05) is 0 Å². The molecule has 2 rings (SSSR count). The first-order valence-electron chi connectivity index (χ1n) is 5.52. The first kappa shape index (κ1) is 11.9. The van der Waals surface area contributed by atoms with Crippen LogP contribution in [0, 0.1) is 11.3 Å². The number of benzene rings is 1. The van der Waals surface area contributed by atoms with E-state index in [-0.39, 0.29) is 5.76 Å². The van der Waals surface area contributed by atoms with Crippen LogP contribution in [0.1, 0.15) is 23.0 Å². The lowest BCUT2D eigenvalue weighted by atomic mass is 10.1. The van der Waals surface area contributed by atoms with E-state index in [1.165, 1.54) is 0 Å². The minimum atomic E-state index is -0.475. The zero-order valence-corrected chi connectivity index (χ0v) is 9.84. The number of rotatable bonds is 3. The van der Waals surface area contributed by atoms with Crippen molar-refractivity contribution < 1.29 is 13.9 Å². The summed E-state index contributed by atoms with van der Waals surface area (Å²) in [5.74, 6) is 0.274. The van der Waals surface area contributed by atoms with Crippen LogP contribution in [-0.4, -0.2) is 12.6 Å². The Kier molecular flexibility index (Phi) is 3.44. The molecule has 0 radical (unpaired) electrons. The summed E-state index contributed by atoms with van der Waals surface area (Å²) in [5, 5.41) is 8.70. The van der Waals surface area contributed by atoms with Crippen LogP contribution in [0.3, 0.4) is 0 Å². The molecule has 4 heteroatoms. The van der Waals surface area contributed by atoms with Crippen molar-refractivity contribution in [3.05, 3.63) is 47.7 Å². The van der Waals surface area contributed by atoms with Gasteiger partial charge in [-0.3, -0.25) is 0 Å². The maximum absolute atomic E-state index is 11.4. The van der Waals surface area contributed by atoms with Crippen molar-refractivity contribution in [2.75, 3.05) is 6.61 Å². The lowest BCUT2D eigenvalue weighted by molar-refractivity contribution is 0.0491. The summed E-state index contributed by atoms with van der Waals surface area (Å²) in [5.41, 5.74) is 1.39. The molecule has 0 aliphatic carbocycles. The summed E-state index contributed by atoms with van der Waals surface area (Å²) in [7, 11) is 0. The van der Waals surface area contributed by atoms with Gasteiger partial charge in [0, 0.05) is 5.56 Å². The van der Waals surface area contributed by atoms with Gasteiger partial charge in [-0.05, 0) is 43.3 Å². The van der Waals surface area contributed by atoms with Gasteiger partial charge in [0.25, 0.3) is 0 Å². The second-order valence-electron chi connectivity index (χ2n) is 3.57. The summed E-state index contributed by atoms with van der Waals surface area (Å²) in [6, 6.07) is 12.3. The summed E-state index contributed by atoms with van der Waals surface area (Å²) < 4.78 is 10.2. The van der Waals surface area contributed by atoms with Crippen LogP contribution in [0.25, 0.3) is 11.3 Å². The average Bonchev–Trinajstić information content (AvgIpc) is 2.89. The molecule has 0 N–H and O–H groups in total. The first-order chi connectivity index (χ1) is 8.74. The van der Waals surface area contributed by atoms with Crippen molar-refractivity contribution in [1.29, 1.82) is 5.26 Å². The maximum atomic E-state index is 11.4. The summed E-state index contributed by atoms with van der Waals surface area (Å²) >= 11 is 0. The Hall–Kier alpha value is -2.54. The number of ether oxygens (including phenoxy) is 1. The fraction of sp³-hybridized carbons (Fsp3) is 0.143. The van der Waals surface area contributed by atoms with Gasteiger partial charge in [0.2, 0.25) is 5.76 Å². The summed E-state index contributed by atoms with van der Waals surface area (Å²) in [6.07, 6.45) is 0. The first-order valence-corrected chi connectivity index (χ1v) is 5.52. The van der Waals surface area contributed by atoms with Crippen LogP contribution >= 0.6 is 0 Å². The van der Waals surface area contributed by atoms with Gasteiger partial charge < -0.3 is 9.15 Å². The Bertz CT molecular complexity index is 590. The number of nitriles is 1. The number of hydrogen-bond donors (Lipinski definition) is 0. The Labute approximate surface area is 104 Å². The second-order valence-corrected chi connectivity index (χ2v) is 3.57. The third kappa shape index (κ3) is 2.41. The zero-order valence-electron chi connectivity index (χ0n) is 9.84. The Balaban J connectivity index is 2.24. The van der Waals surface area contributed by atoms with Crippen molar-refractivity contribution >= 4 is 5.97 Å². The van der Waals surface area contributed by atoms with E-state index < -0.39 is 5.97 Å². The SMILES string of the molecule is CCOC(=O)c1ccc(-c2ccc(C#N)cc2)o1. The fourth-order valence-corrected chi connectivity index (χ4v) is 1.51. The molecule has 90 valence electrons. The molecule has 0 amide bonds. The molecule has 0 spiro atoms. The lowest BCUT2D eigenvalue weighted by Gasteiger charge is -1.98. The van der Waals surface area contributed by atoms with Gasteiger partial charge in [0.15, 0.2) is 0 Å². The minimum absolute atomic E-state index is 0.177. The van der Waals surface area contributed by atoms with Gasteiger partial charge >= 0.3 is 5.97 Å². The molecule has 0 aliphatic heterocycles. The van der Waals surface area contributed by atoms with Crippen LogP contribution in [-0.2, 0) is 4.74 Å². The standard InChI is InChI=1S/C14H11NO3/c1-2-17-14(16)13-8-7-12(18-13)11-5-3-10(9-15)4-6-11/h3-8H,2H2,1H3. The molecule has 0 fully saturated rings. The molecule has 18 heavy (non-hydrogen) atoms. The zero-order chi connectivity index (χ0) is 13.0. The van der Waals surface area contributed by atoms with E-state index in [1.807, 2.05) is 6.07 Å². The highest BCUT2D eigenvalue weighted by atomic mass is 16.5. The van der Waals surface area contributed by atoms with E-state index in [4.69, 9.17) is 14.4 Å². The van der Waals surface area contributed by atoms with E-state index in [9.17, 15) is 4.79 Å². The molecule has 0 atom stereocenters. The number of carbonyl (C=O) groups excluding carboxylic acids is 1. The molecular weight excluding hydrogens is 230 g/mol. The topological polar surface area (TPSA) is 63.2 Å². The largest absolute Gasteiger partial charge is 0.460 e. The smallest absolute Gasteiger partial charge is 0.374 e. The van der Waals surface area contributed by atoms with Crippen molar-refractivity contribution in [3.8, 4) is 17.4 Å². The molecule has 0 saturated carbocycles. The van der Waals surface area contributed by atoms with Crippen LogP contribution in [0.15, 0.2) is 40.8 Å². The minimum Gasteiger partial charge on any atom is -0.460 e. The van der Waals surface area contributed by atoms with Crippen molar-refractivity contribution in [3.63, 3.8) is 0 Å². The molecule has 4 nitrogen and oxygen atoms in total. The number of nitrogens with zero attached hydrogens (tertiary/aromatic N) is 1. The normalized spacial score (nSPS) is 9.78. The van der Waals surface area contributed by atoms with Gasteiger partial charge in [0.1, 0.15) is 5.76 Å². The Morgan fingerprint density at radius 3 is 2.61 bits per heavy atom. The van der Waals surface area contributed by atoms with E-state index in [1.54, 1.807) is 43.3 Å². The second kappa shape index (κ2) is 5.19. The van der Waals surface area contributed by atoms with Gasteiger partial charge in [-0.2, -0.15) is 5.26 Å². The van der Waals surface area contributed by atoms with Gasteiger partial charge in [-0.25, -0.2) is 4.79 Å². The number of hydrogen-bond acceptors (Lipinski definition) is 4. The molecule has 0 bridgehead atoms. The highest BCUT2D eigenvalue weighted by molar-refractivity contribution is 5.87. The van der Waals surface area contributed by atoms with E-state index in [0.717, 1.165) is 5.56 Å². The average molecular weight is 241 g/mol. The molecular formula is C14H11NO3. The lowest BCUT2D eigenvalue weighted by Crippen LogP contribution is -2.02. The van der Waals surface area contributed by atoms with Crippen molar-refractivity contribution in [1.82, 2.24) is 0 Å². The van der Waals surface area contributed by atoms with Crippen LogP contribution in [0.2, 0.25) is 0 Å². The van der Waals surface area contributed by atoms with E-state index in [0.29, 0.717) is 17.9 Å². The highest BCUT2D eigenvalue weighted by Crippen LogP contribution is 2.22. The quantitative estimate of drug-likeness (QED) is 0.775. The molecule has 0 saturated heterocycles. The fourth-order valence-electron chi connectivity index (χ4n) is 1.51. The van der Waals surface area contributed by atoms with E-state index in [2.05, 4.69) is 0 Å². The third-order valence-corrected chi connectivity index (χ3v) is 2.38. The predicted octanol–water partition coefficient (Wildman–Crippen LogP) is 2.99. The van der Waals surface area contributed by atoms with Crippen molar-refractivity contribution in [2.45, 2.75) is 6.92 Å². The highest BCUT2D eigenvalue weighted by Gasteiger charge is 2.12. The summed E-state index contributed by atoms with van der Waals surface area (Å²) in [6.45, 7) is 2.05. The molecule has 2 aromatic rings. The molecule has 1 aromatic carbocycles. The van der Waals surface area contributed by atoms with Crippen LogP contribution in [0.4, 0.5) is 0 Å². The Morgan fingerprint density at radius 2 is 2.00 bits per heavy atom. The summed E-state index contributed by atoms with van der Waals surface area (Å²) in [4.78, 5) is 11.4. The van der Waals surface area contributed by atoms with Gasteiger partial charge in [-0.15, -0.1) is 0 Å². The Morgan fingerprint density at radius 1 is 1.28 bits per heavy atom. The molecule has 1 aromatic heterocycles. The maximum Gasteiger partial charge on any atom is 0.374 e. The molecule has 0 unspecified atom stereocenters.